The number of imide groups is 1. The molecule has 3 aromatic rings. The maximum atomic E-state index is 13.5. The Bertz CT molecular complexity index is 1240. The molecule has 0 spiro atoms. The fourth-order valence-electron chi connectivity index (χ4n) is 3.91. The van der Waals surface area contributed by atoms with E-state index in [0.717, 1.165) is 32.0 Å². The number of amides is 2. The van der Waals surface area contributed by atoms with Gasteiger partial charge in [0.15, 0.2) is 0 Å². The van der Waals surface area contributed by atoms with Gasteiger partial charge in [-0.05, 0) is 74.7 Å². The molecule has 0 atom stereocenters. The summed E-state index contributed by atoms with van der Waals surface area (Å²) >= 11 is 1.68. The molecular weight excluding hydrogens is 406 g/mol. The highest BCUT2D eigenvalue weighted by molar-refractivity contribution is 7.15. The molecule has 1 N–H and O–H groups in total. The van der Waals surface area contributed by atoms with E-state index in [2.05, 4.69) is 18.2 Å². The quantitative estimate of drug-likeness (QED) is 0.403. The van der Waals surface area contributed by atoms with Crippen LogP contribution in [0.25, 0.3) is 16.0 Å². The second-order valence-electron chi connectivity index (χ2n) is 7.78. The van der Waals surface area contributed by atoms with Crippen molar-refractivity contribution in [3.05, 3.63) is 87.8 Å². The monoisotopic (exact) mass is 429 g/mol. The fraction of sp³-hybridized carbons (Fsp3) is 0.154. The van der Waals surface area contributed by atoms with E-state index in [0.29, 0.717) is 16.8 Å². The summed E-state index contributed by atoms with van der Waals surface area (Å²) in [6.07, 6.45) is 0. The summed E-state index contributed by atoms with van der Waals surface area (Å²) in [6, 6.07) is 18.3. The number of hydrogen-bond donors (Lipinski definition) is 1. The predicted molar refractivity (Wildman–Crippen MR) is 126 cm³/mol. The molecule has 4 rings (SSSR count). The third-order valence-corrected chi connectivity index (χ3v) is 6.55. The lowest BCUT2D eigenvalue weighted by molar-refractivity contribution is -0.119. The molecule has 156 valence electrons. The Morgan fingerprint density at radius 3 is 2.10 bits per heavy atom. The molecule has 1 fully saturated rings. The predicted octanol–water partition coefficient (Wildman–Crippen LogP) is 6.11. The lowest BCUT2D eigenvalue weighted by Crippen LogP contribution is -2.29. The average molecular weight is 430 g/mol. The third kappa shape index (κ3) is 3.62. The van der Waals surface area contributed by atoms with Crippen molar-refractivity contribution >= 4 is 34.4 Å². The molecular formula is C26H23NO3S. The highest BCUT2D eigenvalue weighted by Gasteiger charge is 2.41. The van der Waals surface area contributed by atoms with Crippen LogP contribution in [0, 0.1) is 6.92 Å². The van der Waals surface area contributed by atoms with E-state index in [4.69, 9.17) is 0 Å². The highest BCUT2D eigenvalue weighted by atomic mass is 32.1. The van der Waals surface area contributed by atoms with Crippen molar-refractivity contribution in [2.75, 3.05) is 4.90 Å². The van der Waals surface area contributed by atoms with Crippen molar-refractivity contribution in [2.45, 2.75) is 27.7 Å². The summed E-state index contributed by atoms with van der Waals surface area (Å²) in [5.74, 6) is -0.586. The van der Waals surface area contributed by atoms with Crippen molar-refractivity contribution < 1.29 is 14.7 Å². The zero-order valence-corrected chi connectivity index (χ0v) is 18.7. The minimum Gasteiger partial charge on any atom is -0.508 e. The molecule has 31 heavy (non-hydrogen) atoms. The summed E-state index contributed by atoms with van der Waals surface area (Å²) in [5.41, 5.74) is 5.03. The average Bonchev–Trinajstić information content (AvgIpc) is 3.26. The molecule has 4 nitrogen and oxygen atoms in total. The lowest BCUT2D eigenvalue weighted by atomic mass is 9.95. The lowest BCUT2D eigenvalue weighted by Gasteiger charge is -2.13. The first kappa shape index (κ1) is 20.8. The molecule has 0 unspecified atom stereocenters. The van der Waals surface area contributed by atoms with Crippen LogP contribution in [0.3, 0.4) is 0 Å². The van der Waals surface area contributed by atoms with Crippen molar-refractivity contribution in [3.63, 3.8) is 0 Å². The number of rotatable bonds is 3. The molecule has 0 bridgehead atoms. The Morgan fingerprint density at radius 2 is 1.48 bits per heavy atom. The van der Waals surface area contributed by atoms with Crippen molar-refractivity contribution in [2.24, 2.45) is 0 Å². The molecule has 2 amide bonds. The van der Waals surface area contributed by atoms with Crippen LogP contribution >= 0.6 is 11.3 Å². The molecule has 5 heteroatoms. The van der Waals surface area contributed by atoms with E-state index in [-0.39, 0.29) is 17.6 Å². The fourth-order valence-corrected chi connectivity index (χ4v) is 4.99. The zero-order valence-electron chi connectivity index (χ0n) is 17.9. The Labute approximate surface area is 185 Å². The number of allylic oxidation sites excluding steroid dienone is 2. The molecule has 0 aliphatic carbocycles. The number of hydrogen-bond acceptors (Lipinski definition) is 4. The summed E-state index contributed by atoms with van der Waals surface area (Å²) in [4.78, 5) is 30.1. The van der Waals surface area contributed by atoms with Gasteiger partial charge in [0.2, 0.25) is 0 Å². The molecule has 1 aliphatic rings. The number of anilines is 1. The van der Waals surface area contributed by atoms with Crippen LogP contribution in [-0.2, 0) is 9.59 Å². The Hall–Kier alpha value is -3.44. The molecule has 2 aromatic carbocycles. The SMILES string of the molecule is CC(C)=C1C(=O)N(c2ccc(O)cc2)C(=O)/C1=C(\C)c1cc(-c2ccccc2)sc1C. The normalized spacial score (nSPS) is 15.6. The van der Waals surface area contributed by atoms with Gasteiger partial charge in [-0.3, -0.25) is 9.59 Å². The van der Waals surface area contributed by atoms with Gasteiger partial charge in [-0.1, -0.05) is 35.9 Å². The van der Waals surface area contributed by atoms with Crippen LogP contribution in [0.2, 0.25) is 0 Å². The molecule has 1 aromatic heterocycles. The smallest absolute Gasteiger partial charge is 0.266 e. The minimum absolute atomic E-state index is 0.0829. The number of phenols is 1. The maximum absolute atomic E-state index is 13.5. The first-order valence-corrected chi connectivity index (χ1v) is 10.8. The van der Waals surface area contributed by atoms with E-state index >= 15 is 0 Å². The Morgan fingerprint density at radius 1 is 0.871 bits per heavy atom. The van der Waals surface area contributed by atoms with E-state index in [9.17, 15) is 14.7 Å². The largest absolute Gasteiger partial charge is 0.508 e. The van der Waals surface area contributed by atoms with Gasteiger partial charge in [-0.15, -0.1) is 11.3 Å². The highest BCUT2D eigenvalue weighted by Crippen LogP contribution is 2.40. The van der Waals surface area contributed by atoms with E-state index in [1.54, 1.807) is 23.5 Å². The number of aromatic hydroxyl groups is 1. The third-order valence-electron chi connectivity index (χ3n) is 5.45. The number of benzene rings is 2. The summed E-state index contributed by atoms with van der Waals surface area (Å²) in [7, 11) is 0. The minimum atomic E-state index is -0.337. The number of thiophene rings is 1. The van der Waals surface area contributed by atoms with Gasteiger partial charge in [0.05, 0.1) is 16.8 Å². The topological polar surface area (TPSA) is 57.6 Å². The molecule has 2 heterocycles. The van der Waals surface area contributed by atoms with Crippen LogP contribution < -0.4 is 4.90 Å². The van der Waals surface area contributed by atoms with E-state index < -0.39 is 0 Å². The van der Waals surface area contributed by atoms with Crippen LogP contribution in [0.4, 0.5) is 5.69 Å². The van der Waals surface area contributed by atoms with Gasteiger partial charge < -0.3 is 5.11 Å². The second-order valence-corrected chi connectivity index (χ2v) is 9.04. The Kier molecular flexibility index (Phi) is 5.38. The first-order chi connectivity index (χ1) is 14.8. The van der Waals surface area contributed by atoms with E-state index in [1.807, 2.05) is 45.9 Å². The number of phenolic OH excluding ortho intramolecular Hbond substituents is 1. The van der Waals surface area contributed by atoms with Gasteiger partial charge >= 0.3 is 0 Å². The zero-order chi connectivity index (χ0) is 22.3. The van der Waals surface area contributed by atoms with Crippen LogP contribution in [0.5, 0.6) is 5.75 Å². The van der Waals surface area contributed by atoms with Crippen molar-refractivity contribution in [3.8, 4) is 16.2 Å². The number of aryl methyl sites for hydroxylation is 1. The summed E-state index contributed by atoms with van der Waals surface area (Å²) in [5, 5.41) is 9.58. The van der Waals surface area contributed by atoms with Gasteiger partial charge in [-0.25, -0.2) is 4.90 Å². The second kappa shape index (κ2) is 8.00. The van der Waals surface area contributed by atoms with Crippen molar-refractivity contribution in [1.82, 2.24) is 0 Å². The molecule has 0 saturated carbocycles. The van der Waals surface area contributed by atoms with Crippen LogP contribution in [0.15, 0.2) is 77.4 Å². The van der Waals surface area contributed by atoms with Crippen molar-refractivity contribution in [1.29, 1.82) is 0 Å². The summed E-state index contributed by atoms with van der Waals surface area (Å²) < 4.78 is 0. The number of nitrogens with zero attached hydrogens (tertiary/aromatic N) is 1. The number of carbonyl (C=O) groups is 2. The van der Waals surface area contributed by atoms with Gasteiger partial charge in [0.1, 0.15) is 5.75 Å². The van der Waals surface area contributed by atoms with Gasteiger partial charge in [0, 0.05) is 9.75 Å². The Balaban J connectivity index is 1.86. The number of carbonyl (C=O) groups excluding carboxylic acids is 2. The standard InChI is InChI=1S/C26H23NO3S/c1-15(2)23-24(26(30)27(25(23)29)19-10-12-20(28)13-11-19)16(3)21-14-22(31-17(21)4)18-8-6-5-7-9-18/h5-14,28H,1-4H3/b24-16+. The maximum Gasteiger partial charge on any atom is 0.266 e. The molecule has 1 aliphatic heterocycles. The van der Waals surface area contributed by atoms with Crippen LogP contribution in [-0.4, -0.2) is 16.9 Å². The summed E-state index contributed by atoms with van der Waals surface area (Å²) in [6.45, 7) is 7.65. The van der Waals surface area contributed by atoms with Crippen LogP contribution in [0.1, 0.15) is 31.2 Å². The van der Waals surface area contributed by atoms with E-state index in [1.165, 1.54) is 17.0 Å². The van der Waals surface area contributed by atoms with Gasteiger partial charge in [0.25, 0.3) is 11.8 Å². The molecule has 0 radical (unpaired) electrons. The first-order valence-electron chi connectivity index (χ1n) is 10.0. The molecule has 1 saturated heterocycles. The van der Waals surface area contributed by atoms with Gasteiger partial charge in [-0.2, -0.15) is 0 Å².